The minimum Gasteiger partial charge on any atom is -0.468 e. The van der Waals surface area contributed by atoms with Crippen molar-refractivity contribution in [2.45, 2.75) is 19.8 Å². The van der Waals surface area contributed by atoms with E-state index in [0.717, 1.165) is 11.4 Å². The topological polar surface area (TPSA) is 55.7 Å². The normalized spacial score (nSPS) is 24.8. The number of carbonyl (C=O) groups excluding carboxylic acids is 2. The average molecular weight is 294 g/mol. The quantitative estimate of drug-likeness (QED) is 0.621. The van der Waals surface area contributed by atoms with Crippen LogP contribution in [-0.2, 0) is 14.3 Å². The maximum absolute atomic E-state index is 12.1. The van der Waals surface area contributed by atoms with Crippen LogP contribution in [0, 0.1) is 11.8 Å². The molecule has 106 valence electrons. The maximum atomic E-state index is 12.1. The molecule has 0 aromatic heterocycles. The molecule has 2 unspecified atom stereocenters. The smallest absolute Gasteiger partial charge is 0.316 e. The molecule has 1 saturated carbocycles. The van der Waals surface area contributed by atoms with Crippen LogP contribution in [0.15, 0.2) is 29.3 Å². The Bertz CT molecular complexity index is 551. The Morgan fingerprint density at radius 2 is 2.00 bits per heavy atom. The van der Waals surface area contributed by atoms with Gasteiger partial charge in [0, 0.05) is 17.2 Å². The highest BCUT2D eigenvalue weighted by Crippen LogP contribution is 2.28. The van der Waals surface area contributed by atoms with Crippen molar-refractivity contribution in [3.05, 3.63) is 29.3 Å². The third-order valence-electron chi connectivity index (χ3n) is 3.42. The fourth-order valence-corrected chi connectivity index (χ4v) is 2.59. The first-order chi connectivity index (χ1) is 9.51. The Morgan fingerprint density at radius 3 is 2.55 bits per heavy atom. The molecule has 1 aromatic rings. The zero-order valence-corrected chi connectivity index (χ0v) is 12.2. The number of nitrogens with zero attached hydrogens (tertiary/aromatic N) is 1. The second-order valence-electron chi connectivity index (χ2n) is 4.98. The number of ketones is 1. The van der Waals surface area contributed by atoms with Crippen LogP contribution in [-0.4, -0.2) is 24.6 Å². The van der Waals surface area contributed by atoms with Gasteiger partial charge in [-0.25, -0.2) is 0 Å². The molecule has 1 aliphatic carbocycles. The Balaban J connectivity index is 2.16. The summed E-state index contributed by atoms with van der Waals surface area (Å²) in [5.74, 6) is -1.32. The summed E-state index contributed by atoms with van der Waals surface area (Å²) >= 11 is 5.82. The summed E-state index contributed by atoms with van der Waals surface area (Å²) in [5, 5.41) is 0.646. The molecule has 5 heteroatoms. The van der Waals surface area contributed by atoms with Gasteiger partial charge in [0.2, 0.25) is 0 Å². The van der Waals surface area contributed by atoms with Gasteiger partial charge in [-0.1, -0.05) is 18.5 Å². The summed E-state index contributed by atoms with van der Waals surface area (Å²) < 4.78 is 4.68. The molecule has 0 N–H and O–H groups in total. The number of benzene rings is 1. The van der Waals surface area contributed by atoms with Gasteiger partial charge in [0.25, 0.3) is 0 Å². The van der Waals surface area contributed by atoms with Gasteiger partial charge in [-0.15, -0.1) is 0 Å². The number of carbonyl (C=O) groups is 2. The number of halogens is 1. The molecule has 0 amide bonds. The average Bonchev–Trinajstić information content (AvgIpc) is 2.40. The molecule has 0 heterocycles. The molecule has 0 radical (unpaired) electrons. The van der Waals surface area contributed by atoms with Gasteiger partial charge in [-0.2, -0.15) is 0 Å². The van der Waals surface area contributed by atoms with Crippen molar-refractivity contribution in [2.75, 3.05) is 7.11 Å². The van der Waals surface area contributed by atoms with Gasteiger partial charge in [-0.3, -0.25) is 14.6 Å². The highest BCUT2D eigenvalue weighted by molar-refractivity contribution is 6.30. The number of aliphatic imine (C=N–C) groups is 1. The molecule has 20 heavy (non-hydrogen) atoms. The SMILES string of the molecule is COC(=O)C1C(=O)CC(=Nc2ccc(Cl)cc2)CC1C. The number of rotatable bonds is 2. The van der Waals surface area contributed by atoms with Crippen molar-refractivity contribution >= 4 is 34.8 Å². The first kappa shape index (κ1) is 14.7. The molecule has 4 nitrogen and oxygen atoms in total. The second-order valence-corrected chi connectivity index (χ2v) is 5.42. The van der Waals surface area contributed by atoms with E-state index in [4.69, 9.17) is 11.6 Å². The van der Waals surface area contributed by atoms with Crippen molar-refractivity contribution in [3.8, 4) is 0 Å². The third kappa shape index (κ3) is 3.25. The minimum atomic E-state index is -0.663. The Labute approximate surface area is 122 Å². The summed E-state index contributed by atoms with van der Waals surface area (Å²) in [4.78, 5) is 28.1. The maximum Gasteiger partial charge on any atom is 0.316 e. The molecule has 1 fully saturated rings. The van der Waals surface area contributed by atoms with Gasteiger partial charge in [0.15, 0.2) is 5.78 Å². The lowest BCUT2D eigenvalue weighted by Crippen LogP contribution is -2.37. The Hall–Kier alpha value is -1.68. The molecule has 0 spiro atoms. The molecular weight excluding hydrogens is 278 g/mol. The van der Waals surface area contributed by atoms with E-state index < -0.39 is 11.9 Å². The summed E-state index contributed by atoms with van der Waals surface area (Å²) in [6, 6.07) is 7.12. The molecule has 2 atom stereocenters. The number of ether oxygens (including phenoxy) is 1. The van der Waals surface area contributed by atoms with Crippen LogP contribution in [0.1, 0.15) is 19.8 Å². The van der Waals surface area contributed by atoms with Crippen LogP contribution >= 0.6 is 11.6 Å². The largest absolute Gasteiger partial charge is 0.468 e. The number of methoxy groups -OCH3 is 1. The Morgan fingerprint density at radius 1 is 1.35 bits per heavy atom. The van der Waals surface area contributed by atoms with E-state index in [-0.39, 0.29) is 18.1 Å². The van der Waals surface area contributed by atoms with E-state index in [1.165, 1.54) is 7.11 Å². The van der Waals surface area contributed by atoms with E-state index in [1.54, 1.807) is 24.3 Å². The van der Waals surface area contributed by atoms with Crippen LogP contribution in [0.4, 0.5) is 5.69 Å². The molecule has 1 aromatic carbocycles. The highest BCUT2D eigenvalue weighted by Gasteiger charge is 2.38. The Kier molecular flexibility index (Phi) is 4.55. The summed E-state index contributed by atoms with van der Waals surface area (Å²) in [5.41, 5.74) is 1.56. The van der Waals surface area contributed by atoms with Gasteiger partial charge in [0.1, 0.15) is 5.92 Å². The van der Waals surface area contributed by atoms with Crippen molar-refractivity contribution in [3.63, 3.8) is 0 Å². The predicted molar refractivity (Wildman–Crippen MR) is 77.5 cm³/mol. The molecule has 0 saturated heterocycles. The molecule has 2 rings (SSSR count). The van der Waals surface area contributed by atoms with Gasteiger partial charge in [0.05, 0.1) is 12.8 Å². The van der Waals surface area contributed by atoms with E-state index in [2.05, 4.69) is 9.73 Å². The first-order valence-corrected chi connectivity index (χ1v) is 6.81. The van der Waals surface area contributed by atoms with Crippen molar-refractivity contribution < 1.29 is 14.3 Å². The summed E-state index contributed by atoms with van der Waals surface area (Å²) in [7, 11) is 1.31. The molecule has 1 aliphatic rings. The fourth-order valence-electron chi connectivity index (χ4n) is 2.46. The van der Waals surface area contributed by atoms with Gasteiger partial charge < -0.3 is 4.74 Å². The number of Topliss-reactive ketones (excluding diaryl/α,β-unsaturated/α-hetero) is 1. The van der Waals surface area contributed by atoms with E-state index in [9.17, 15) is 9.59 Å². The lowest BCUT2D eigenvalue weighted by molar-refractivity contribution is -0.151. The van der Waals surface area contributed by atoms with E-state index >= 15 is 0 Å². The van der Waals surface area contributed by atoms with Crippen molar-refractivity contribution in [1.29, 1.82) is 0 Å². The molecule has 0 aliphatic heterocycles. The summed E-state index contributed by atoms with van der Waals surface area (Å²) in [6.07, 6.45) is 0.820. The number of hydrogen-bond donors (Lipinski definition) is 0. The van der Waals surface area contributed by atoms with Crippen LogP contribution in [0.3, 0.4) is 0 Å². The number of hydrogen-bond acceptors (Lipinski definition) is 4. The predicted octanol–water partition coefficient (Wildman–Crippen LogP) is 3.20. The first-order valence-electron chi connectivity index (χ1n) is 6.44. The minimum absolute atomic E-state index is 0.0882. The lowest BCUT2D eigenvalue weighted by atomic mass is 9.78. The molecular formula is C15H16ClNO3. The lowest BCUT2D eigenvalue weighted by Gasteiger charge is -2.26. The third-order valence-corrected chi connectivity index (χ3v) is 3.67. The van der Waals surface area contributed by atoms with E-state index in [1.807, 2.05) is 6.92 Å². The standard InChI is InChI=1S/C15H16ClNO3/c1-9-7-12(8-13(18)14(9)15(19)20-2)17-11-5-3-10(16)4-6-11/h3-6,9,14H,7-8H2,1-2H3. The second kappa shape index (κ2) is 6.18. The zero-order chi connectivity index (χ0) is 14.7. The monoisotopic (exact) mass is 293 g/mol. The van der Waals surface area contributed by atoms with Crippen LogP contribution in [0.2, 0.25) is 5.02 Å². The fraction of sp³-hybridized carbons (Fsp3) is 0.400. The van der Waals surface area contributed by atoms with Gasteiger partial charge >= 0.3 is 5.97 Å². The summed E-state index contributed by atoms with van der Waals surface area (Å²) in [6.45, 7) is 1.87. The number of esters is 1. The van der Waals surface area contributed by atoms with E-state index in [0.29, 0.717) is 11.4 Å². The zero-order valence-electron chi connectivity index (χ0n) is 11.4. The molecule has 0 bridgehead atoms. The van der Waals surface area contributed by atoms with Gasteiger partial charge in [-0.05, 0) is 36.6 Å². The van der Waals surface area contributed by atoms with Crippen LogP contribution in [0.25, 0.3) is 0 Å². The van der Waals surface area contributed by atoms with Crippen molar-refractivity contribution in [2.24, 2.45) is 16.8 Å². The van der Waals surface area contributed by atoms with Crippen LogP contribution < -0.4 is 0 Å². The van der Waals surface area contributed by atoms with Crippen LogP contribution in [0.5, 0.6) is 0 Å². The van der Waals surface area contributed by atoms with Crippen molar-refractivity contribution in [1.82, 2.24) is 0 Å². The highest BCUT2D eigenvalue weighted by atomic mass is 35.5.